The van der Waals surface area contributed by atoms with E-state index in [1.807, 2.05) is 42.5 Å². The predicted octanol–water partition coefficient (Wildman–Crippen LogP) is 3.93. The topological polar surface area (TPSA) is 77.6 Å². The molecule has 2 heterocycles. The summed E-state index contributed by atoms with van der Waals surface area (Å²) >= 11 is 0. The summed E-state index contributed by atoms with van der Waals surface area (Å²) < 4.78 is 0. The van der Waals surface area contributed by atoms with Crippen LogP contribution in [0, 0.1) is 0 Å². The van der Waals surface area contributed by atoms with Gasteiger partial charge in [0.2, 0.25) is 0 Å². The normalized spacial score (nSPS) is 12.8. The number of aromatic amines is 2. The lowest BCUT2D eigenvalue weighted by Crippen LogP contribution is -2.06. The highest BCUT2D eigenvalue weighted by Crippen LogP contribution is 2.22. The molecule has 0 radical (unpaired) electrons. The zero-order chi connectivity index (χ0) is 17.1. The van der Waals surface area contributed by atoms with E-state index in [4.69, 9.17) is 0 Å². The number of aliphatic hydroxyl groups excluding tert-OH is 1. The van der Waals surface area contributed by atoms with E-state index in [-0.39, 0.29) is 12.5 Å². The van der Waals surface area contributed by atoms with E-state index in [0.717, 1.165) is 59.4 Å². The number of aliphatic hydroxyl groups is 1. The number of benzene rings is 2. The van der Waals surface area contributed by atoms with Gasteiger partial charge in [-0.1, -0.05) is 30.7 Å². The number of nitrogens with one attached hydrogen (secondary N) is 2. The number of hydrogen-bond donors (Lipinski definition) is 3. The van der Waals surface area contributed by atoms with Crippen LogP contribution in [0.25, 0.3) is 22.1 Å². The van der Waals surface area contributed by atoms with Gasteiger partial charge in [-0.05, 0) is 37.1 Å². The first kappa shape index (κ1) is 15.8. The van der Waals surface area contributed by atoms with Gasteiger partial charge in [0, 0.05) is 12.3 Å². The Morgan fingerprint density at radius 2 is 1.52 bits per heavy atom. The van der Waals surface area contributed by atoms with Crippen LogP contribution in [-0.4, -0.2) is 31.6 Å². The maximum atomic E-state index is 9.74. The van der Waals surface area contributed by atoms with Crippen molar-refractivity contribution < 1.29 is 5.11 Å². The van der Waals surface area contributed by atoms with Gasteiger partial charge in [0.1, 0.15) is 11.6 Å². The molecular weight excluding hydrogens is 312 g/mol. The Morgan fingerprint density at radius 3 is 2.20 bits per heavy atom. The SMILES string of the molecule is OCC(CCCCc1nc2ccccc2[nH]1)c1nc2ccccc2[nH]1. The average Bonchev–Trinajstić information content (AvgIpc) is 3.25. The average molecular weight is 334 g/mol. The lowest BCUT2D eigenvalue weighted by atomic mass is 10.0. The summed E-state index contributed by atoms with van der Waals surface area (Å²) in [5, 5.41) is 9.74. The number of aryl methyl sites for hydroxylation is 1. The van der Waals surface area contributed by atoms with Crippen LogP contribution in [0.4, 0.5) is 0 Å². The molecule has 5 nitrogen and oxygen atoms in total. The van der Waals surface area contributed by atoms with Crippen molar-refractivity contribution in [3.05, 3.63) is 60.2 Å². The zero-order valence-corrected chi connectivity index (χ0v) is 14.1. The molecule has 4 aromatic rings. The van der Waals surface area contributed by atoms with E-state index in [1.54, 1.807) is 0 Å². The van der Waals surface area contributed by atoms with Gasteiger partial charge in [-0.3, -0.25) is 0 Å². The summed E-state index contributed by atoms with van der Waals surface area (Å²) in [7, 11) is 0. The van der Waals surface area contributed by atoms with Crippen LogP contribution in [0.5, 0.6) is 0 Å². The minimum Gasteiger partial charge on any atom is -0.396 e. The fraction of sp³-hybridized carbons (Fsp3) is 0.300. The van der Waals surface area contributed by atoms with Gasteiger partial charge in [-0.25, -0.2) is 9.97 Å². The van der Waals surface area contributed by atoms with Gasteiger partial charge in [0.05, 0.1) is 28.7 Å². The standard InChI is InChI=1S/C20H22N4O/c25-13-14(20-23-17-10-4-5-11-18(17)24-20)7-1-6-12-19-21-15-8-2-3-9-16(15)22-19/h2-5,8-11,14,25H,1,6-7,12-13H2,(H,21,22)(H,23,24). The summed E-state index contributed by atoms with van der Waals surface area (Å²) in [5.41, 5.74) is 4.09. The monoisotopic (exact) mass is 334 g/mol. The molecule has 0 amide bonds. The van der Waals surface area contributed by atoms with Crippen molar-refractivity contribution in [1.29, 1.82) is 0 Å². The number of H-pyrrole nitrogens is 2. The fourth-order valence-corrected chi connectivity index (χ4v) is 3.29. The lowest BCUT2D eigenvalue weighted by Gasteiger charge is -2.10. The number of imidazole rings is 2. The molecular formula is C20H22N4O. The number of aromatic nitrogens is 4. The Hall–Kier alpha value is -2.66. The smallest absolute Gasteiger partial charge is 0.112 e. The highest BCUT2D eigenvalue weighted by Gasteiger charge is 2.14. The van der Waals surface area contributed by atoms with E-state index in [2.05, 4.69) is 26.0 Å². The fourth-order valence-electron chi connectivity index (χ4n) is 3.29. The molecule has 1 atom stereocenters. The van der Waals surface area contributed by atoms with Gasteiger partial charge in [-0.15, -0.1) is 0 Å². The summed E-state index contributed by atoms with van der Waals surface area (Å²) in [6, 6.07) is 16.1. The molecule has 128 valence electrons. The second-order valence-corrected chi connectivity index (χ2v) is 6.47. The largest absolute Gasteiger partial charge is 0.396 e. The Bertz CT molecular complexity index is 906. The molecule has 2 aromatic heterocycles. The van der Waals surface area contributed by atoms with Gasteiger partial charge in [0.15, 0.2) is 0 Å². The highest BCUT2D eigenvalue weighted by molar-refractivity contribution is 5.75. The summed E-state index contributed by atoms with van der Waals surface area (Å²) in [5.74, 6) is 1.97. The maximum Gasteiger partial charge on any atom is 0.112 e. The van der Waals surface area contributed by atoms with E-state index in [1.165, 1.54) is 0 Å². The van der Waals surface area contributed by atoms with Gasteiger partial charge in [0.25, 0.3) is 0 Å². The molecule has 2 aromatic carbocycles. The summed E-state index contributed by atoms with van der Waals surface area (Å²) in [6.45, 7) is 0.116. The van der Waals surface area contributed by atoms with Crippen molar-refractivity contribution in [3.8, 4) is 0 Å². The first-order valence-electron chi connectivity index (χ1n) is 8.82. The van der Waals surface area contributed by atoms with Crippen LogP contribution < -0.4 is 0 Å². The molecule has 3 N–H and O–H groups in total. The summed E-state index contributed by atoms with van der Waals surface area (Å²) in [4.78, 5) is 15.9. The van der Waals surface area contributed by atoms with Crippen molar-refractivity contribution >= 4 is 22.1 Å². The first-order valence-corrected chi connectivity index (χ1v) is 8.82. The van der Waals surface area contributed by atoms with Crippen LogP contribution in [0.2, 0.25) is 0 Å². The van der Waals surface area contributed by atoms with Gasteiger partial charge in [-0.2, -0.15) is 0 Å². The van der Waals surface area contributed by atoms with Crippen molar-refractivity contribution in [2.75, 3.05) is 6.61 Å². The molecule has 1 unspecified atom stereocenters. The number of fused-ring (bicyclic) bond motifs is 2. The highest BCUT2D eigenvalue weighted by atomic mass is 16.3. The van der Waals surface area contributed by atoms with Crippen molar-refractivity contribution in [3.63, 3.8) is 0 Å². The number of unbranched alkanes of at least 4 members (excludes halogenated alkanes) is 1. The van der Waals surface area contributed by atoms with Crippen LogP contribution in [0.3, 0.4) is 0 Å². The predicted molar refractivity (Wildman–Crippen MR) is 99.6 cm³/mol. The molecule has 25 heavy (non-hydrogen) atoms. The van der Waals surface area contributed by atoms with Crippen LogP contribution in [-0.2, 0) is 6.42 Å². The van der Waals surface area contributed by atoms with E-state index in [9.17, 15) is 5.11 Å². The molecule has 0 aliphatic carbocycles. The van der Waals surface area contributed by atoms with Crippen molar-refractivity contribution in [2.45, 2.75) is 31.6 Å². The third-order valence-corrected chi connectivity index (χ3v) is 4.67. The lowest BCUT2D eigenvalue weighted by molar-refractivity contribution is 0.252. The van der Waals surface area contributed by atoms with E-state index >= 15 is 0 Å². The van der Waals surface area contributed by atoms with Crippen LogP contribution in [0.15, 0.2) is 48.5 Å². The molecule has 0 saturated carbocycles. The Labute approximate surface area is 146 Å². The van der Waals surface area contributed by atoms with Gasteiger partial charge >= 0.3 is 0 Å². The Kier molecular flexibility index (Phi) is 4.48. The minimum atomic E-state index is 0.0584. The molecule has 4 rings (SSSR count). The van der Waals surface area contributed by atoms with Crippen LogP contribution in [0.1, 0.15) is 36.8 Å². The first-order chi connectivity index (χ1) is 12.3. The number of para-hydroxylation sites is 4. The van der Waals surface area contributed by atoms with E-state index < -0.39 is 0 Å². The number of nitrogens with zero attached hydrogens (tertiary/aromatic N) is 2. The summed E-state index contributed by atoms with van der Waals surface area (Å²) in [6.07, 6.45) is 3.90. The van der Waals surface area contributed by atoms with E-state index in [0.29, 0.717) is 0 Å². The molecule has 0 spiro atoms. The molecule has 0 saturated heterocycles. The molecule has 0 bridgehead atoms. The van der Waals surface area contributed by atoms with Crippen molar-refractivity contribution in [2.24, 2.45) is 0 Å². The molecule has 0 fully saturated rings. The third kappa shape index (κ3) is 3.42. The van der Waals surface area contributed by atoms with Gasteiger partial charge < -0.3 is 15.1 Å². The molecule has 0 aliphatic heterocycles. The maximum absolute atomic E-state index is 9.74. The van der Waals surface area contributed by atoms with Crippen LogP contribution >= 0.6 is 0 Å². The number of rotatable bonds is 7. The second-order valence-electron chi connectivity index (χ2n) is 6.47. The molecule has 0 aliphatic rings. The van der Waals surface area contributed by atoms with Crippen molar-refractivity contribution in [1.82, 2.24) is 19.9 Å². The second kappa shape index (κ2) is 7.07. The number of hydrogen-bond acceptors (Lipinski definition) is 3. The quantitative estimate of drug-likeness (QED) is 0.448. The Morgan fingerprint density at radius 1 is 0.840 bits per heavy atom. The third-order valence-electron chi connectivity index (χ3n) is 4.67. The molecule has 5 heteroatoms. The Balaban J connectivity index is 1.34. The minimum absolute atomic E-state index is 0.0584. The zero-order valence-electron chi connectivity index (χ0n) is 14.1.